The number of benzene rings is 1. The molecular weight excluding hydrogens is 324 g/mol. The number of likely N-dealkylation sites (tertiary alicyclic amines) is 1. The van der Waals surface area contributed by atoms with Crippen molar-refractivity contribution in [3.63, 3.8) is 0 Å². The summed E-state index contributed by atoms with van der Waals surface area (Å²) in [6.07, 6.45) is 0.457. The molecule has 0 spiro atoms. The summed E-state index contributed by atoms with van der Waals surface area (Å²) in [6.45, 7) is 4.02. The Morgan fingerprint density at radius 3 is 2.71 bits per heavy atom. The van der Waals surface area contributed by atoms with Crippen LogP contribution in [0.15, 0.2) is 24.3 Å². The van der Waals surface area contributed by atoms with Crippen molar-refractivity contribution in [2.45, 2.75) is 25.1 Å². The van der Waals surface area contributed by atoms with E-state index in [2.05, 4.69) is 30.0 Å². The lowest BCUT2D eigenvalue weighted by molar-refractivity contribution is -0.134. The van der Waals surface area contributed by atoms with Crippen molar-refractivity contribution >= 4 is 15.7 Å². The van der Waals surface area contributed by atoms with Crippen LogP contribution in [0, 0.1) is 18.8 Å². The molecule has 1 amide bonds. The van der Waals surface area contributed by atoms with Gasteiger partial charge in [0, 0.05) is 45.6 Å². The predicted octanol–water partition coefficient (Wildman–Crippen LogP) is 1.32. The fourth-order valence-electron chi connectivity index (χ4n) is 4.14. The van der Waals surface area contributed by atoms with Crippen molar-refractivity contribution in [2.75, 3.05) is 32.9 Å². The molecule has 24 heavy (non-hydrogen) atoms. The van der Waals surface area contributed by atoms with Gasteiger partial charge in [0.25, 0.3) is 0 Å². The van der Waals surface area contributed by atoms with Crippen LogP contribution < -0.4 is 0 Å². The zero-order valence-electron chi connectivity index (χ0n) is 14.6. The van der Waals surface area contributed by atoms with Crippen LogP contribution in [0.2, 0.25) is 0 Å². The number of rotatable bonds is 3. The molecule has 1 aromatic rings. The Labute approximate surface area is 144 Å². The lowest BCUT2D eigenvalue weighted by Crippen LogP contribution is -2.46. The van der Waals surface area contributed by atoms with Crippen LogP contribution in [-0.2, 0) is 21.2 Å². The predicted molar refractivity (Wildman–Crippen MR) is 94.3 cm³/mol. The number of carbonyl (C=O) groups excluding carboxylic acids is 1. The molecule has 0 saturated carbocycles. The molecule has 0 radical (unpaired) electrons. The second-order valence-electron chi connectivity index (χ2n) is 7.38. The van der Waals surface area contributed by atoms with Gasteiger partial charge in [0.05, 0.1) is 11.0 Å². The van der Waals surface area contributed by atoms with Crippen molar-refractivity contribution in [1.29, 1.82) is 0 Å². The Morgan fingerprint density at radius 2 is 2.04 bits per heavy atom. The van der Waals surface area contributed by atoms with Crippen LogP contribution in [0.3, 0.4) is 0 Å². The molecule has 2 aliphatic heterocycles. The summed E-state index contributed by atoms with van der Waals surface area (Å²) < 4.78 is 25.0. The van der Waals surface area contributed by atoms with Gasteiger partial charge in [0.2, 0.25) is 5.91 Å². The zero-order valence-corrected chi connectivity index (χ0v) is 15.4. The van der Waals surface area contributed by atoms with Gasteiger partial charge in [-0.2, -0.15) is 0 Å². The van der Waals surface area contributed by atoms with Gasteiger partial charge in [-0.25, -0.2) is 8.42 Å². The first kappa shape index (κ1) is 17.4. The highest BCUT2D eigenvalue weighted by Gasteiger charge is 2.50. The van der Waals surface area contributed by atoms with Gasteiger partial charge in [-0.05, 0) is 18.9 Å². The summed E-state index contributed by atoms with van der Waals surface area (Å²) in [6, 6.07) is 8.30. The number of amides is 1. The van der Waals surface area contributed by atoms with Gasteiger partial charge in [0.1, 0.15) is 0 Å². The highest BCUT2D eigenvalue weighted by Crippen LogP contribution is 2.38. The third-order valence-electron chi connectivity index (χ3n) is 5.32. The van der Waals surface area contributed by atoms with E-state index in [0.717, 1.165) is 6.54 Å². The molecule has 5 nitrogen and oxygen atoms in total. The molecule has 2 heterocycles. The lowest BCUT2D eigenvalue weighted by atomic mass is 9.87. The molecule has 0 bridgehead atoms. The maximum Gasteiger partial charge on any atom is 0.225 e. The van der Waals surface area contributed by atoms with Gasteiger partial charge in [0.15, 0.2) is 9.84 Å². The van der Waals surface area contributed by atoms with Crippen LogP contribution in [0.5, 0.6) is 0 Å². The van der Waals surface area contributed by atoms with Gasteiger partial charge in [-0.3, -0.25) is 9.69 Å². The summed E-state index contributed by atoms with van der Waals surface area (Å²) in [7, 11) is 0.402. The van der Waals surface area contributed by atoms with E-state index in [1.807, 2.05) is 6.07 Å². The molecule has 0 aliphatic carbocycles. The summed E-state index contributed by atoms with van der Waals surface area (Å²) in [5.74, 6) is -0.0479. The first-order valence-electron chi connectivity index (χ1n) is 8.48. The van der Waals surface area contributed by atoms with E-state index in [1.165, 1.54) is 11.1 Å². The van der Waals surface area contributed by atoms with Crippen LogP contribution in [0.25, 0.3) is 0 Å². The number of fused-ring (bicyclic) bond motifs is 1. The summed E-state index contributed by atoms with van der Waals surface area (Å²) in [4.78, 5) is 16.3. The maximum absolute atomic E-state index is 12.5. The summed E-state index contributed by atoms with van der Waals surface area (Å²) >= 11 is 0. The largest absolute Gasteiger partial charge is 0.349 e. The molecule has 3 atom stereocenters. The van der Waals surface area contributed by atoms with E-state index < -0.39 is 15.1 Å². The van der Waals surface area contributed by atoms with Gasteiger partial charge in [-0.1, -0.05) is 29.8 Å². The quantitative estimate of drug-likeness (QED) is 0.825. The van der Waals surface area contributed by atoms with Crippen molar-refractivity contribution in [3.8, 4) is 0 Å². The molecule has 132 valence electrons. The number of hydrogen-bond donors (Lipinski definition) is 0. The van der Waals surface area contributed by atoms with E-state index in [4.69, 9.17) is 0 Å². The lowest BCUT2D eigenvalue weighted by Gasteiger charge is -2.33. The highest BCUT2D eigenvalue weighted by atomic mass is 32.2. The van der Waals surface area contributed by atoms with Crippen molar-refractivity contribution < 1.29 is 13.2 Å². The molecule has 0 aromatic heterocycles. The molecule has 1 aromatic carbocycles. The highest BCUT2D eigenvalue weighted by molar-refractivity contribution is 7.92. The zero-order chi connectivity index (χ0) is 17.5. The average molecular weight is 350 g/mol. The third-order valence-corrected chi connectivity index (χ3v) is 7.55. The third kappa shape index (κ3) is 3.35. The minimum absolute atomic E-state index is 0.0669. The van der Waals surface area contributed by atoms with Gasteiger partial charge in [-0.15, -0.1) is 0 Å². The van der Waals surface area contributed by atoms with Gasteiger partial charge >= 0.3 is 0 Å². The molecule has 0 unspecified atom stereocenters. The summed E-state index contributed by atoms with van der Waals surface area (Å²) in [5.41, 5.74) is 2.40. The fourth-order valence-corrected chi connectivity index (χ4v) is 6.27. The second kappa shape index (κ2) is 6.48. The number of sulfone groups is 1. The Bertz CT molecular complexity index is 730. The van der Waals surface area contributed by atoms with E-state index in [9.17, 15) is 13.2 Å². The Hall–Kier alpha value is -1.40. The minimum Gasteiger partial charge on any atom is -0.349 e. The number of aryl methyl sites for hydroxylation is 1. The molecule has 2 saturated heterocycles. The van der Waals surface area contributed by atoms with Crippen molar-refractivity contribution in [2.24, 2.45) is 11.8 Å². The first-order chi connectivity index (χ1) is 11.3. The van der Waals surface area contributed by atoms with E-state index in [0.29, 0.717) is 19.5 Å². The fraction of sp³-hybridized carbons (Fsp3) is 0.611. The Balaban J connectivity index is 1.80. The molecule has 0 N–H and O–H groups in total. The normalized spacial score (nSPS) is 29.2. The number of carbonyl (C=O) groups is 1. The molecule has 2 aliphatic rings. The molecule has 6 heteroatoms. The topological polar surface area (TPSA) is 57.7 Å². The van der Waals surface area contributed by atoms with E-state index >= 15 is 0 Å². The first-order valence-corrected chi connectivity index (χ1v) is 10.2. The number of hydrogen-bond acceptors (Lipinski definition) is 4. The smallest absolute Gasteiger partial charge is 0.225 e. The molecule has 2 fully saturated rings. The Morgan fingerprint density at radius 1 is 1.29 bits per heavy atom. The SMILES string of the molecule is Cc1cccc(CN2C[C@H]3[C@H](C(=O)N(C)C)CCS(=O)(=O)[C@H]3C2)c1. The van der Waals surface area contributed by atoms with E-state index in [-0.39, 0.29) is 23.5 Å². The van der Waals surface area contributed by atoms with Gasteiger partial charge < -0.3 is 4.90 Å². The van der Waals surface area contributed by atoms with Crippen LogP contribution in [0.1, 0.15) is 17.5 Å². The standard InChI is InChI=1S/C18H26N2O3S/c1-13-5-4-6-14(9-13)10-20-11-16-15(18(21)19(2)3)7-8-24(22,23)17(16)12-20/h4-6,9,15-17H,7-8,10-12H2,1-3H3/t15-,16+,17+/m1/s1. The van der Waals surface area contributed by atoms with Crippen LogP contribution in [0.4, 0.5) is 0 Å². The number of nitrogens with zero attached hydrogens (tertiary/aromatic N) is 2. The van der Waals surface area contributed by atoms with E-state index in [1.54, 1.807) is 19.0 Å². The van der Waals surface area contributed by atoms with Crippen LogP contribution >= 0.6 is 0 Å². The molecular formula is C18H26N2O3S. The van der Waals surface area contributed by atoms with Crippen LogP contribution in [-0.4, -0.2) is 62.3 Å². The Kier molecular flexibility index (Phi) is 4.71. The monoisotopic (exact) mass is 350 g/mol. The maximum atomic E-state index is 12.5. The summed E-state index contributed by atoms with van der Waals surface area (Å²) in [5, 5.41) is -0.398. The van der Waals surface area contributed by atoms with Crippen molar-refractivity contribution in [3.05, 3.63) is 35.4 Å². The molecule has 3 rings (SSSR count). The van der Waals surface area contributed by atoms with Crippen molar-refractivity contribution in [1.82, 2.24) is 9.80 Å². The average Bonchev–Trinajstić information content (AvgIpc) is 2.91. The second-order valence-corrected chi connectivity index (χ2v) is 9.72. The minimum atomic E-state index is -3.10.